The fourth-order valence-electron chi connectivity index (χ4n) is 2.00. The third-order valence-electron chi connectivity index (χ3n) is 3.18. The van der Waals surface area contributed by atoms with Gasteiger partial charge in [0.1, 0.15) is 0 Å². The van der Waals surface area contributed by atoms with Crippen LogP contribution in [0.4, 0.5) is 11.4 Å². The molecule has 0 fully saturated rings. The van der Waals surface area contributed by atoms with E-state index in [9.17, 15) is 14.9 Å². The number of nitrogens with zero attached hydrogens (tertiary/aromatic N) is 1. The Morgan fingerprint density at radius 1 is 1.29 bits per heavy atom. The third-order valence-corrected chi connectivity index (χ3v) is 3.18. The molecule has 0 aliphatic rings. The van der Waals surface area contributed by atoms with Gasteiger partial charge >= 0.3 is 0 Å². The van der Waals surface area contributed by atoms with Crippen LogP contribution >= 0.6 is 0 Å². The molecule has 108 valence electrons. The van der Waals surface area contributed by atoms with Gasteiger partial charge in [-0.1, -0.05) is 18.2 Å². The minimum atomic E-state index is -0.684. The Kier molecular flexibility index (Phi) is 4.18. The summed E-state index contributed by atoms with van der Waals surface area (Å²) in [6, 6.07) is 11.9. The Balaban J connectivity index is 2.26. The Hall–Kier alpha value is -2.89. The predicted molar refractivity (Wildman–Crippen MR) is 80.1 cm³/mol. The van der Waals surface area contributed by atoms with Crippen LogP contribution in [-0.4, -0.2) is 10.8 Å². The highest BCUT2D eigenvalue weighted by Gasteiger charge is 2.16. The van der Waals surface area contributed by atoms with Crippen LogP contribution in [0.15, 0.2) is 42.5 Å². The summed E-state index contributed by atoms with van der Waals surface area (Å²) >= 11 is 0. The number of amides is 1. The Bertz CT molecular complexity index is 698. The second kappa shape index (κ2) is 6.04. The quantitative estimate of drug-likeness (QED) is 0.651. The smallest absolute Gasteiger partial charge is 0.275 e. The van der Waals surface area contributed by atoms with E-state index < -0.39 is 10.8 Å². The van der Waals surface area contributed by atoms with Crippen LogP contribution in [0.5, 0.6) is 0 Å². The SMILES string of the molecule is Cc1ccccc1NCc1ccc(C(N)=O)cc1[N+](=O)[O-]. The monoisotopic (exact) mass is 285 g/mol. The topological polar surface area (TPSA) is 98.3 Å². The summed E-state index contributed by atoms with van der Waals surface area (Å²) in [6.07, 6.45) is 0. The average molecular weight is 285 g/mol. The second-order valence-electron chi connectivity index (χ2n) is 4.63. The van der Waals surface area contributed by atoms with Crippen molar-refractivity contribution < 1.29 is 9.72 Å². The van der Waals surface area contributed by atoms with Crippen LogP contribution in [0.25, 0.3) is 0 Å². The maximum atomic E-state index is 11.1. The van der Waals surface area contributed by atoms with Crippen molar-refractivity contribution in [2.24, 2.45) is 5.73 Å². The minimum Gasteiger partial charge on any atom is -0.380 e. The van der Waals surface area contributed by atoms with Crippen molar-refractivity contribution in [3.05, 3.63) is 69.3 Å². The van der Waals surface area contributed by atoms with E-state index >= 15 is 0 Å². The first-order valence-corrected chi connectivity index (χ1v) is 6.35. The van der Waals surface area contributed by atoms with Gasteiger partial charge < -0.3 is 11.1 Å². The number of primary amides is 1. The molecule has 0 spiro atoms. The molecule has 1 amide bonds. The van der Waals surface area contributed by atoms with E-state index in [4.69, 9.17) is 5.73 Å². The molecule has 2 aromatic carbocycles. The van der Waals surface area contributed by atoms with E-state index in [2.05, 4.69) is 5.32 Å². The number of hydrogen-bond donors (Lipinski definition) is 2. The van der Waals surface area contributed by atoms with Gasteiger partial charge in [-0.15, -0.1) is 0 Å². The highest BCUT2D eigenvalue weighted by Crippen LogP contribution is 2.22. The van der Waals surface area contributed by atoms with E-state index in [1.54, 1.807) is 6.07 Å². The van der Waals surface area contributed by atoms with Crippen molar-refractivity contribution in [1.82, 2.24) is 0 Å². The molecule has 0 aromatic heterocycles. The molecule has 2 aromatic rings. The van der Waals surface area contributed by atoms with Crippen molar-refractivity contribution in [3.63, 3.8) is 0 Å². The molecule has 0 bridgehead atoms. The van der Waals surface area contributed by atoms with Crippen LogP contribution in [0.3, 0.4) is 0 Å². The number of anilines is 1. The van der Waals surface area contributed by atoms with E-state index in [0.29, 0.717) is 12.1 Å². The molecule has 6 nitrogen and oxygen atoms in total. The molecular formula is C15H15N3O3. The third kappa shape index (κ3) is 3.36. The predicted octanol–water partition coefficient (Wildman–Crippen LogP) is 2.61. The highest BCUT2D eigenvalue weighted by atomic mass is 16.6. The Morgan fingerprint density at radius 2 is 2.00 bits per heavy atom. The van der Waals surface area contributed by atoms with Crippen molar-refractivity contribution in [1.29, 1.82) is 0 Å². The maximum absolute atomic E-state index is 11.1. The number of benzene rings is 2. The van der Waals surface area contributed by atoms with Crippen LogP contribution in [0.2, 0.25) is 0 Å². The molecular weight excluding hydrogens is 270 g/mol. The van der Waals surface area contributed by atoms with Gasteiger partial charge in [-0.05, 0) is 30.7 Å². The van der Waals surface area contributed by atoms with Crippen molar-refractivity contribution >= 4 is 17.3 Å². The summed E-state index contributed by atoms with van der Waals surface area (Å²) in [5.74, 6) is -0.684. The number of hydrogen-bond acceptors (Lipinski definition) is 4. The van der Waals surface area contributed by atoms with Crippen LogP contribution in [0.1, 0.15) is 21.5 Å². The number of nitro benzene ring substituents is 1. The van der Waals surface area contributed by atoms with Gasteiger partial charge in [-0.3, -0.25) is 14.9 Å². The summed E-state index contributed by atoms with van der Waals surface area (Å²) in [7, 11) is 0. The van der Waals surface area contributed by atoms with Gasteiger partial charge in [0.2, 0.25) is 5.91 Å². The number of carbonyl (C=O) groups excluding carboxylic acids is 1. The average Bonchev–Trinajstić information content (AvgIpc) is 2.46. The Labute approximate surface area is 121 Å². The van der Waals surface area contributed by atoms with Crippen LogP contribution < -0.4 is 11.1 Å². The lowest BCUT2D eigenvalue weighted by Gasteiger charge is -2.10. The Morgan fingerprint density at radius 3 is 2.62 bits per heavy atom. The zero-order chi connectivity index (χ0) is 15.4. The first-order chi connectivity index (χ1) is 9.99. The first-order valence-electron chi connectivity index (χ1n) is 6.35. The molecule has 0 unspecified atom stereocenters. The van der Waals surface area contributed by atoms with E-state index in [1.165, 1.54) is 12.1 Å². The fraction of sp³-hybridized carbons (Fsp3) is 0.133. The number of carbonyl (C=O) groups is 1. The van der Waals surface area contributed by atoms with Gasteiger partial charge in [0.15, 0.2) is 0 Å². The molecule has 0 heterocycles. The zero-order valence-corrected chi connectivity index (χ0v) is 11.5. The molecule has 3 N–H and O–H groups in total. The van der Waals surface area contributed by atoms with E-state index in [0.717, 1.165) is 11.3 Å². The normalized spacial score (nSPS) is 10.1. The van der Waals surface area contributed by atoms with Crippen molar-refractivity contribution in [2.45, 2.75) is 13.5 Å². The second-order valence-corrected chi connectivity index (χ2v) is 4.63. The fourth-order valence-corrected chi connectivity index (χ4v) is 2.00. The summed E-state index contributed by atoms with van der Waals surface area (Å²) in [5.41, 5.74) is 7.60. The van der Waals surface area contributed by atoms with Crippen LogP contribution in [0, 0.1) is 17.0 Å². The lowest BCUT2D eigenvalue weighted by molar-refractivity contribution is -0.385. The summed E-state index contributed by atoms with van der Waals surface area (Å²) in [4.78, 5) is 21.7. The number of nitro groups is 1. The lowest BCUT2D eigenvalue weighted by atomic mass is 10.1. The largest absolute Gasteiger partial charge is 0.380 e. The number of para-hydroxylation sites is 1. The number of rotatable bonds is 5. The summed E-state index contributed by atoms with van der Waals surface area (Å²) in [6.45, 7) is 2.24. The standard InChI is InChI=1S/C15H15N3O3/c1-10-4-2-3-5-13(10)17-9-12-7-6-11(15(16)19)8-14(12)18(20)21/h2-8,17H,9H2,1H3,(H2,16,19). The molecule has 0 aliphatic heterocycles. The van der Waals surface area contributed by atoms with Gasteiger partial charge in [0.05, 0.1) is 4.92 Å². The maximum Gasteiger partial charge on any atom is 0.275 e. The molecule has 0 saturated carbocycles. The van der Waals surface area contributed by atoms with Gasteiger partial charge in [-0.2, -0.15) is 0 Å². The number of nitrogens with one attached hydrogen (secondary N) is 1. The minimum absolute atomic E-state index is 0.118. The molecule has 0 aliphatic carbocycles. The molecule has 6 heteroatoms. The van der Waals surface area contributed by atoms with E-state index in [-0.39, 0.29) is 11.3 Å². The summed E-state index contributed by atoms with van der Waals surface area (Å²) < 4.78 is 0. The molecule has 0 saturated heterocycles. The van der Waals surface area contributed by atoms with Gasteiger partial charge in [0.25, 0.3) is 5.69 Å². The van der Waals surface area contributed by atoms with E-state index in [1.807, 2.05) is 31.2 Å². The number of nitrogens with two attached hydrogens (primary N) is 1. The zero-order valence-electron chi connectivity index (χ0n) is 11.5. The molecule has 0 atom stereocenters. The molecule has 2 rings (SSSR count). The molecule has 0 radical (unpaired) electrons. The first kappa shape index (κ1) is 14.5. The molecule has 21 heavy (non-hydrogen) atoms. The number of aryl methyl sites for hydroxylation is 1. The summed E-state index contributed by atoms with van der Waals surface area (Å²) in [5, 5.41) is 14.3. The van der Waals surface area contributed by atoms with Gasteiger partial charge in [-0.25, -0.2) is 0 Å². The van der Waals surface area contributed by atoms with Gasteiger partial charge in [0, 0.05) is 29.4 Å². The van der Waals surface area contributed by atoms with Crippen molar-refractivity contribution in [3.8, 4) is 0 Å². The highest BCUT2D eigenvalue weighted by molar-refractivity contribution is 5.93. The van der Waals surface area contributed by atoms with Crippen LogP contribution in [-0.2, 0) is 6.54 Å². The van der Waals surface area contributed by atoms with Crippen molar-refractivity contribution in [2.75, 3.05) is 5.32 Å². The lowest BCUT2D eigenvalue weighted by Crippen LogP contribution is -2.12.